The van der Waals surface area contributed by atoms with Crippen molar-refractivity contribution in [3.05, 3.63) is 28.5 Å². The number of alkyl halides is 1. The van der Waals surface area contributed by atoms with Crippen molar-refractivity contribution in [3.63, 3.8) is 0 Å². The van der Waals surface area contributed by atoms with Crippen LogP contribution in [0.2, 0.25) is 5.02 Å². The van der Waals surface area contributed by atoms with Gasteiger partial charge in [-0.1, -0.05) is 11.6 Å². The number of nitrogens with one attached hydrogen (secondary N) is 1. The molecule has 4 atom stereocenters. The second-order valence-corrected chi connectivity index (χ2v) is 13.0. The van der Waals surface area contributed by atoms with Crippen LogP contribution in [-0.2, 0) is 0 Å². The Morgan fingerprint density at radius 2 is 2.10 bits per heavy atom. The van der Waals surface area contributed by atoms with E-state index in [-0.39, 0.29) is 53.3 Å². The highest BCUT2D eigenvalue weighted by Gasteiger charge is 2.49. The van der Waals surface area contributed by atoms with E-state index in [9.17, 15) is 9.50 Å². The number of aromatic hydroxyl groups is 1. The molecule has 0 radical (unpaired) electrons. The van der Waals surface area contributed by atoms with E-state index in [1.807, 2.05) is 11.9 Å². The predicted molar refractivity (Wildman–Crippen MR) is 154 cm³/mol. The average Bonchev–Trinajstić information content (AvgIpc) is 3.41. The van der Waals surface area contributed by atoms with E-state index < -0.39 is 17.5 Å². The molecule has 4 aliphatic heterocycles. The highest BCUT2D eigenvalue weighted by atomic mass is 35.5. The Balaban J connectivity index is 1.29. The Labute approximate surface area is 247 Å². The molecule has 9 nitrogen and oxygen atoms in total. The number of hydrogen-bond acceptors (Lipinski definition) is 9. The van der Waals surface area contributed by atoms with E-state index in [4.69, 9.17) is 31.0 Å². The summed E-state index contributed by atoms with van der Waals surface area (Å²) in [5, 5.41) is 14.6. The van der Waals surface area contributed by atoms with Crippen molar-refractivity contribution < 1.29 is 23.4 Å². The lowest BCUT2D eigenvalue weighted by molar-refractivity contribution is 0.107. The van der Waals surface area contributed by atoms with Crippen LogP contribution in [-0.4, -0.2) is 89.2 Å². The molecule has 12 heteroatoms. The van der Waals surface area contributed by atoms with Gasteiger partial charge in [0.15, 0.2) is 5.82 Å². The van der Waals surface area contributed by atoms with Crippen LogP contribution < -0.4 is 19.7 Å². The fourth-order valence-electron chi connectivity index (χ4n) is 7.63. The van der Waals surface area contributed by atoms with Gasteiger partial charge in [-0.2, -0.15) is 9.97 Å². The van der Waals surface area contributed by atoms with Crippen LogP contribution in [0.3, 0.4) is 0 Å². The number of halogens is 3. The van der Waals surface area contributed by atoms with Crippen LogP contribution in [0.15, 0.2) is 12.1 Å². The SMILES string of the molecule is CN1c2nc(OC[C@@]34CCCN3C[C@H](F)C4)nc3c(F)c(-c4cc(O)cc(Cl)c4C4CC4)nc(c23)OCC2CNCC21. The zero-order valence-electron chi connectivity index (χ0n) is 23.4. The standard InChI is InChI=1S/C30H33ClF2N6O3/c1-38-21-11-34-10-16(21)13-41-28-23-26(24(33)25(35-28)19-7-18(40)8-20(31)22(19)15-3-4-15)36-29(37-27(23)38)42-14-30-5-2-6-39(30)12-17(32)9-30/h7-8,15-17,21,34,40H,2-6,9-14H2,1H3/t16?,17-,21?,30+/m1/s1. The summed E-state index contributed by atoms with van der Waals surface area (Å²) in [7, 11) is 1.94. The van der Waals surface area contributed by atoms with Crippen molar-refractivity contribution in [1.82, 2.24) is 25.2 Å². The van der Waals surface area contributed by atoms with Gasteiger partial charge in [0.05, 0.1) is 12.1 Å². The number of nitrogens with zero attached hydrogens (tertiary/aromatic N) is 5. The monoisotopic (exact) mass is 598 g/mol. The van der Waals surface area contributed by atoms with Crippen LogP contribution in [0.25, 0.3) is 22.2 Å². The first-order valence-corrected chi connectivity index (χ1v) is 15.2. The van der Waals surface area contributed by atoms with Crippen molar-refractivity contribution in [2.45, 2.75) is 55.8 Å². The maximum atomic E-state index is 16.7. The molecule has 5 aliphatic rings. The number of phenolic OH excluding ortho intramolecular Hbond substituents is 1. The third-order valence-electron chi connectivity index (χ3n) is 9.87. The molecule has 3 aromatic rings. The van der Waals surface area contributed by atoms with E-state index in [0.29, 0.717) is 41.4 Å². The normalized spacial score (nSPS) is 28.9. The molecule has 8 rings (SSSR count). The quantitative estimate of drug-likeness (QED) is 0.442. The largest absolute Gasteiger partial charge is 0.508 e. The lowest BCUT2D eigenvalue weighted by Crippen LogP contribution is -2.44. The average molecular weight is 599 g/mol. The Morgan fingerprint density at radius 1 is 1.24 bits per heavy atom. The first kappa shape index (κ1) is 26.6. The number of ether oxygens (including phenoxy) is 2. The molecule has 2 unspecified atom stereocenters. The van der Waals surface area contributed by atoms with Gasteiger partial charge in [-0.05, 0) is 55.8 Å². The van der Waals surface area contributed by atoms with E-state index in [2.05, 4.69) is 15.2 Å². The molecule has 1 saturated carbocycles. The zero-order valence-corrected chi connectivity index (χ0v) is 24.1. The summed E-state index contributed by atoms with van der Waals surface area (Å²) in [5.74, 6) is 0.320. The maximum absolute atomic E-state index is 16.7. The minimum Gasteiger partial charge on any atom is -0.508 e. The summed E-state index contributed by atoms with van der Waals surface area (Å²) >= 11 is 6.58. The van der Waals surface area contributed by atoms with Crippen LogP contribution in [0, 0.1) is 11.7 Å². The highest BCUT2D eigenvalue weighted by molar-refractivity contribution is 6.32. The molecular weight excluding hydrogens is 566 g/mol. The molecule has 1 aliphatic carbocycles. The smallest absolute Gasteiger partial charge is 0.319 e. The third-order valence-corrected chi connectivity index (χ3v) is 10.2. The maximum Gasteiger partial charge on any atom is 0.319 e. The van der Waals surface area contributed by atoms with Gasteiger partial charge in [-0.25, -0.2) is 13.8 Å². The van der Waals surface area contributed by atoms with Gasteiger partial charge in [-0.3, -0.25) is 4.90 Å². The van der Waals surface area contributed by atoms with Crippen LogP contribution in [0.4, 0.5) is 14.6 Å². The number of likely N-dealkylation sites (N-methyl/N-ethyl adjacent to an activating group) is 1. The minimum absolute atomic E-state index is 0.0220. The fraction of sp³-hybridized carbons (Fsp3) is 0.567. The number of hydrogen-bond donors (Lipinski definition) is 2. The Kier molecular flexibility index (Phi) is 6.18. The molecule has 4 fully saturated rings. The Morgan fingerprint density at radius 3 is 2.93 bits per heavy atom. The van der Waals surface area contributed by atoms with Gasteiger partial charge in [0.1, 0.15) is 40.9 Å². The van der Waals surface area contributed by atoms with Crippen molar-refractivity contribution in [3.8, 4) is 28.9 Å². The van der Waals surface area contributed by atoms with Crippen molar-refractivity contribution in [2.24, 2.45) is 5.92 Å². The highest BCUT2D eigenvalue weighted by Crippen LogP contribution is 2.50. The molecule has 6 heterocycles. The molecule has 2 aromatic heterocycles. The van der Waals surface area contributed by atoms with Crippen LogP contribution in [0.1, 0.15) is 43.6 Å². The second-order valence-electron chi connectivity index (χ2n) is 12.6. The summed E-state index contributed by atoms with van der Waals surface area (Å²) in [5.41, 5.74) is 0.852. The summed E-state index contributed by atoms with van der Waals surface area (Å²) < 4.78 is 43.7. The summed E-state index contributed by atoms with van der Waals surface area (Å²) in [6, 6.07) is 3.10. The van der Waals surface area contributed by atoms with Gasteiger partial charge in [0, 0.05) is 55.6 Å². The number of benzene rings is 1. The fourth-order valence-corrected chi connectivity index (χ4v) is 7.99. The third kappa shape index (κ3) is 4.18. The van der Waals surface area contributed by atoms with Gasteiger partial charge >= 0.3 is 6.01 Å². The van der Waals surface area contributed by atoms with Crippen molar-refractivity contribution in [1.29, 1.82) is 0 Å². The number of fused-ring (bicyclic) bond motifs is 2. The first-order chi connectivity index (χ1) is 20.3. The van der Waals surface area contributed by atoms with Gasteiger partial charge in [0.25, 0.3) is 0 Å². The first-order valence-electron chi connectivity index (χ1n) is 14.8. The van der Waals surface area contributed by atoms with Crippen molar-refractivity contribution >= 4 is 28.3 Å². The summed E-state index contributed by atoms with van der Waals surface area (Å²) in [6.07, 6.45) is 3.20. The number of phenols is 1. The number of rotatable bonds is 5. The number of aromatic nitrogens is 3. The number of anilines is 1. The van der Waals surface area contributed by atoms with E-state index >= 15 is 4.39 Å². The predicted octanol–water partition coefficient (Wildman–Crippen LogP) is 4.44. The molecule has 222 valence electrons. The molecular formula is C30H33ClF2N6O3. The lowest BCUT2D eigenvalue weighted by Gasteiger charge is -2.34. The van der Waals surface area contributed by atoms with Gasteiger partial charge in [-0.15, -0.1) is 0 Å². The molecule has 3 saturated heterocycles. The topological polar surface area (TPSA) is 95.9 Å². The molecule has 0 spiro atoms. The van der Waals surface area contributed by atoms with Crippen LogP contribution >= 0.6 is 11.6 Å². The molecule has 2 N–H and O–H groups in total. The van der Waals surface area contributed by atoms with E-state index in [1.165, 1.54) is 12.1 Å². The van der Waals surface area contributed by atoms with Crippen molar-refractivity contribution in [2.75, 3.05) is 51.3 Å². The number of pyridine rings is 1. The van der Waals surface area contributed by atoms with E-state index in [1.54, 1.807) is 0 Å². The minimum atomic E-state index is -0.890. The lowest BCUT2D eigenvalue weighted by atomic mass is 9.95. The molecule has 0 amide bonds. The zero-order chi connectivity index (χ0) is 28.7. The van der Waals surface area contributed by atoms with Gasteiger partial charge < -0.3 is 24.8 Å². The Bertz CT molecular complexity index is 1590. The summed E-state index contributed by atoms with van der Waals surface area (Å²) in [4.78, 5) is 18.3. The molecule has 42 heavy (non-hydrogen) atoms. The molecule has 0 bridgehead atoms. The summed E-state index contributed by atoms with van der Waals surface area (Å²) in [6.45, 7) is 3.38. The van der Waals surface area contributed by atoms with Gasteiger partial charge in [0.2, 0.25) is 5.88 Å². The van der Waals surface area contributed by atoms with Crippen LogP contribution in [0.5, 0.6) is 17.6 Å². The Hall–Kier alpha value is -3.02. The van der Waals surface area contributed by atoms with E-state index in [0.717, 1.165) is 50.9 Å². The second kappa shape index (κ2) is 9.75. The molecule has 1 aromatic carbocycles.